The Labute approximate surface area is 185 Å². The van der Waals surface area contributed by atoms with Crippen LogP contribution in [0.15, 0.2) is 60.0 Å². The zero-order valence-electron chi connectivity index (χ0n) is 16.6. The largest absolute Gasteiger partial charge is 0.490 e. The van der Waals surface area contributed by atoms with Crippen LogP contribution in [0.4, 0.5) is 4.79 Å². The molecule has 0 aromatic heterocycles. The molecule has 0 aliphatic carbocycles. The van der Waals surface area contributed by atoms with Gasteiger partial charge in [0.1, 0.15) is 6.61 Å². The summed E-state index contributed by atoms with van der Waals surface area (Å²) in [6.07, 6.45) is 3.88. The fourth-order valence-electron chi connectivity index (χ4n) is 2.95. The Balaban J connectivity index is 1.79. The molecule has 0 N–H and O–H groups in total. The van der Waals surface area contributed by atoms with Gasteiger partial charge in [0.2, 0.25) is 0 Å². The summed E-state index contributed by atoms with van der Waals surface area (Å²) in [6, 6.07) is 13.2. The number of rotatable bonds is 9. The van der Waals surface area contributed by atoms with Crippen LogP contribution >= 0.6 is 23.4 Å². The van der Waals surface area contributed by atoms with E-state index in [1.165, 1.54) is 4.90 Å². The highest BCUT2D eigenvalue weighted by molar-refractivity contribution is 8.18. The maximum absolute atomic E-state index is 12.8. The molecule has 0 unspecified atom stereocenters. The van der Waals surface area contributed by atoms with Gasteiger partial charge in [-0.15, -0.1) is 0 Å². The van der Waals surface area contributed by atoms with E-state index in [9.17, 15) is 9.59 Å². The van der Waals surface area contributed by atoms with E-state index in [1.807, 2.05) is 37.3 Å². The summed E-state index contributed by atoms with van der Waals surface area (Å²) in [4.78, 5) is 26.8. The molecule has 2 amide bonds. The predicted octanol–water partition coefficient (Wildman–Crippen LogP) is 5.58. The molecule has 2 aromatic rings. The third kappa shape index (κ3) is 5.26. The van der Waals surface area contributed by atoms with Gasteiger partial charge in [-0.2, -0.15) is 0 Å². The fourth-order valence-corrected chi connectivity index (χ4v) is 4.08. The third-order valence-corrected chi connectivity index (χ3v) is 5.50. The first-order chi connectivity index (χ1) is 14.5. The van der Waals surface area contributed by atoms with Crippen molar-refractivity contribution < 1.29 is 19.1 Å². The van der Waals surface area contributed by atoms with Gasteiger partial charge in [0.05, 0.1) is 16.5 Å². The highest BCUT2D eigenvalue weighted by Gasteiger charge is 2.34. The average Bonchev–Trinajstić information content (AvgIpc) is 2.99. The predicted molar refractivity (Wildman–Crippen MR) is 121 cm³/mol. The van der Waals surface area contributed by atoms with E-state index in [-0.39, 0.29) is 11.1 Å². The van der Waals surface area contributed by atoms with Gasteiger partial charge in [0.15, 0.2) is 11.5 Å². The van der Waals surface area contributed by atoms with E-state index < -0.39 is 0 Å². The first kappa shape index (κ1) is 22.0. The first-order valence-electron chi connectivity index (χ1n) is 9.52. The molecule has 1 aliphatic rings. The van der Waals surface area contributed by atoms with Crippen molar-refractivity contribution in [3.05, 3.63) is 76.2 Å². The fraction of sp³-hybridized carbons (Fsp3) is 0.217. The van der Waals surface area contributed by atoms with E-state index in [0.717, 1.165) is 17.3 Å². The van der Waals surface area contributed by atoms with E-state index in [4.69, 9.17) is 21.1 Å². The van der Waals surface area contributed by atoms with Crippen molar-refractivity contribution in [1.29, 1.82) is 0 Å². The summed E-state index contributed by atoms with van der Waals surface area (Å²) in [5.41, 5.74) is 1.73. The summed E-state index contributed by atoms with van der Waals surface area (Å²) >= 11 is 7.29. The van der Waals surface area contributed by atoms with Crippen LogP contribution < -0.4 is 9.47 Å². The molecule has 7 heteroatoms. The molecule has 2 aromatic carbocycles. The standard InChI is InChI=1S/C23H22ClNO4S/c1-3-12-29-21-18(24)13-17(14-19(21)28-4-2)15-20-22(26)25(23(27)30-20)11-10-16-8-6-5-7-9-16/h3,5-9,13-15H,1,4,10-12H2,2H3/b20-15-. The smallest absolute Gasteiger partial charge is 0.293 e. The highest BCUT2D eigenvalue weighted by atomic mass is 35.5. The molecule has 5 nitrogen and oxygen atoms in total. The van der Waals surface area contributed by atoms with Gasteiger partial charge in [-0.1, -0.05) is 54.6 Å². The van der Waals surface area contributed by atoms with E-state index in [2.05, 4.69) is 6.58 Å². The van der Waals surface area contributed by atoms with Crippen molar-refractivity contribution in [1.82, 2.24) is 4.90 Å². The topological polar surface area (TPSA) is 55.8 Å². The van der Waals surface area contributed by atoms with Crippen molar-refractivity contribution in [2.75, 3.05) is 19.8 Å². The van der Waals surface area contributed by atoms with Crippen molar-refractivity contribution in [3.63, 3.8) is 0 Å². The van der Waals surface area contributed by atoms with Crippen molar-refractivity contribution in [2.24, 2.45) is 0 Å². The van der Waals surface area contributed by atoms with Crippen LogP contribution in [0.1, 0.15) is 18.1 Å². The molecule has 0 atom stereocenters. The van der Waals surface area contributed by atoms with E-state index >= 15 is 0 Å². The molecule has 0 saturated carbocycles. The Bertz CT molecular complexity index is 975. The maximum atomic E-state index is 12.8. The summed E-state index contributed by atoms with van der Waals surface area (Å²) in [5, 5.41) is 0.0848. The van der Waals surface area contributed by atoms with E-state index in [0.29, 0.717) is 53.2 Å². The van der Waals surface area contributed by atoms with Gasteiger partial charge in [0.25, 0.3) is 11.1 Å². The van der Waals surface area contributed by atoms with E-state index in [1.54, 1.807) is 24.3 Å². The van der Waals surface area contributed by atoms with Gasteiger partial charge in [-0.3, -0.25) is 14.5 Å². The SMILES string of the molecule is C=CCOc1c(Cl)cc(/C=C2\SC(=O)N(CCc3ccccc3)C2=O)cc1OCC. The third-order valence-electron chi connectivity index (χ3n) is 4.32. The molecule has 1 aliphatic heterocycles. The van der Waals surface area contributed by atoms with Gasteiger partial charge in [-0.25, -0.2) is 0 Å². The number of nitrogens with zero attached hydrogens (tertiary/aromatic N) is 1. The molecule has 0 bridgehead atoms. The summed E-state index contributed by atoms with van der Waals surface area (Å²) in [6.45, 7) is 6.55. The molecule has 156 valence electrons. The minimum Gasteiger partial charge on any atom is -0.490 e. The number of hydrogen-bond acceptors (Lipinski definition) is 5. The average molecular weight is 444 g/mol. The van der Waals surface area contributed by atoms with Crippen LogP contribution in [0.3, 0.4) is 0 Å². The normalized spacial score (nSPS) is 15.0. The minimum absolute atomic E-state index is 0.274. The number of thioether (sulfide) groups is 1. The van der Waals surface area contributed by atoms with Crippen molar-refractivity contribution >= 4 is 40.6 Å². The van der Waals surface area contributed by atoms with Gasteiger partial charge >= 0.3 is 0 Å². The lowest BCUT2D eigenvalue weighted by Crippen LogP contribution is -2.30. The van der Waals surface area contributed by atoms with Crippen LogP contribution in [0.25, 0.3) is 6.08 Å². The number of carbonyl (C=O) groups is 2. The van der Waals surface area contributed by atoms with Gasteiger partial charge in [0, 0.05) is 6.54 Å². The van der Waals surface area contributed by atoms with Crippen LogP contribution in [0, 0.1) is 0 Å². The quantitative estimate of drug-likeness (QED) is 0.374. The summed E-state index contributed by atoms with van der Waals surface area (Å²) in [5.74, 6) is 0.593. The molecule has 0 spiro atoms. The first-order valence-corrected chi connectivity index (χ1v) is 10.7. The molecular weight excluding hydrogens is 422 g/mol. The van der Waals surface area contributed by atoms with Gasteiger partial charge < -0.3 is 9.47 Å². The second-order valence-corrected chi connectivity index (χ2v) is 7.83. The van der Waals surface area contributed by atoms with Gasteiger partial charge in [-0.05, 0) is 54.4 Å². The van der Waals surface area contributed by atoms with Crippen LogP contribution in [-0.2, 0) is 11.2 Å². The number of hydrogen-bond donors (Lipinski definition) is 0. The lowest BCUT2D eigenvalue weighted by molar-refractivity contribution is -0.122. The Kier molecular flexibility index (Phi) is 7.60. The summed E-state index contributed by atoms with van der Waals surface area (Å²) in [7, 11) is 0. The van der Waals surface area contributed by atoms with Crippen LogP contribution in [0.2, 0.25) is 5.02 Å². The lowest BCUT2D eigenvalue weighted by atomic mass is 10.1. The number of amides is 2. The Hall–Kier alpha value is -2.70. The lowest BCUT2D eigenvalue weighted by Gasteiger charge is -2.14. The molecule has 3 rings (SSSR count). The zero-order chi connectivity index (χ0) is 21.5. The highest BCUT2D eigenvalue weighted by Crippen LogP contribution is 2.39. The van der Waals surface area contributed by atoms with Crippen molar-refractivity contribution in [3.8, 4) is 11.5 Å². The molecule has 1 fully saturated rings. The molecule has 30 heavy (non-hydrogen) atoms. The second-order valence-electron chi connectivity index (χ2n) is 6.43. The number of benzene rings is 2. The Morgan fingerprint density at radius 1 is 1.17 bits per heavy atom. The monoisotopic (exact) mass is 443 g/mol. The molecule has 1 saturated heterocycles. The summed E-state index contributed by atoms with van der Waals surface area (Å²) < 4.78 is 11.2. The molecule has 0 radical (unpaired) electrons. The Morgan fingerprint density at radius 2 is 1.93 bits per heavy atom. The number of ether oxygens (including phenoxy) is 2. The number of imide groups is 1. The zero-order valence-corrected chi connectivity index (χ0v) is 18.2. The van der Waals surface area contributed by atoms with Crippen LogP contribution in [-0.4, -0.2) is 35.8 Å². The minimum atomic E-state index is -0.304. The van der Waals surface area contributed by atoms with Crippen LogP contribution in [0.5, 0.6) is 11.5 Å². The molecular formula is C23H22ClNO4S. The number of halogens is 1. The van der Waals surface area contributed by atoms with Crippen molar-refractivity contribution in [2.45, 2.75) is 13.3 Å². The second kappa shape index (κ2) is 10.4. The maximum Gasteiger partial charge on any atom is 0.293 e. The molecule has 1 heterocycles. The number of carbonyl (C=O) groups excluding carboxylic acids is 2. The Morgan fingerprint density at radius 3 is 2.63 bits per heavy atom.